The lowest BCUT2D eigenvalue weighted by Crippen LogP contribution is -2.23. The molecule has 3 aromatic heterocycles. The van der Waals surface area contributed by atoms with E-state index in [1.165, 1.54) is 0 Å². The Kier molecular flexibility index (Phi) is 4.85. The Balaban J connectivity index is 1.65. The van der Waals surface area contributed by atoms with Crippen molar-refractivity contribution < 1.29 is 4.79 Å². The average molecular weight is 371 g/mol. The van der Waals surface area contributed by atoms with Gasteiger partial charge in [0.1, 0.15) is 11.3 Å². The van der Waals surface area contributed by atoms with E-state index < -0.39 is 0 Å². The van der Waals surface area contributed by atoms with Crippen molar-refractivity contribution >= 4 is 17.1 Å². The summed E-state index contributed by atoms with van der Waals surface area (Å²) in [7, 11) is 0. The van der Waals surface area contributed by atoms with Crippen molar-refractivity contribution in [1.82, 2.24) is 24.8 Å². The first-order valence-corrected chi connectivity index (χ1v) is 9.25. The van der Waals surface area contributed by atoms with E-state index in [9.17, 15) is 4.79 Å². The van der Waals surface area contributed by atoms with E-state index in [4.69, 9.17) is 4.98 Å². The number of fused-ring (bicyclic) bond motifs is 1. The van der Waals surface area contributed by atoms with Crippen LogP contribution >= 0.6 is 0 Å². The highest BCUT2D eigenvalue weighted by Crippen LogP contribution is 2.27. The second-order valence-electron chi connectivity index (χ2n) is 6.83. The molecular weight excluding hydrogens is 350 g/mol. The van der Waals surface area contributed by atoms with E-state index in [0.29, 0.717) is 12.1 Å². The van der Waals surface area contributed by atoms with Crippen LogP contribution in [0.3, 0.4) is 0 Å². The summed E-state index contributed by atoms with van der Waals surface area (Å²) < 4.78 is 2.10. The molecule has 1 amide bonds. The van der Waals surface area contributed by atoms with Crippen LogP contribution in [0.5, 0.6) is 0 Å². The molecule has 0 aliphatic rings. The first kappa shape index (κ1) is 17.9. The lowest BCUT2D eigenvalue weighted by atomic mass is 10.1. The summed E-state index contributed by atoms with van der Waals surface area (Å²) in [6, 6.07) is 17.2. The van der Waals surface area contributed by atoms with Gasteiger partial charge >= 0.3 is 0 Å². The maximum atomic E-state index is 12.6. The molecule has 3 heterocycles. The van der Waals surface area contributed by atoms with Gasteiger partial charge in [-0.1, -0.05) is 18.2 Å². The monoisotopic (exact) mass is 371 g/mol. The van der Waals surface area contributed by atoms with E-state index in [1.54, 1.807) is 18.5 Å². The maximum Gasteiger partial charge on any atom is 0.251 e. The molecule has 4 aromatic rings. The number of hydrogen-bond donors (Lipinski definition) is 1. The largest absolute Gasteiger partial charge is 0.346 e. The van der Waals surface area contributed by atoms with Gasteiger partial charge < -0.3 is 9.88 Å². The molecule has 1 N–H and O–H groups in total. The number of carbonyl (C=O) groups is 1. The zero-order chi connectivity index (χ0) is 19.5. The van der Waals surface area contributed by atoms with Gasteiger partial charge in [0, 0.05) is 29.6 Å². The average Bonchev–Trinajstić information content (AvgIpc) is 3.13. The first-order valence-electron chi connectivity index (χ1n) is 9.25. The third-order valence-electron chi connectivity index (χ3n) is 4.50. The number of carbonyl (C=O) groups excluding carboxylic acids is 1. The molecule has 0 radical (unpaired) electrons. The van der Waals surface area contributed by atoms with Crippen molar-refractivity contribution in [1.29, 1.82) is 0 Å². The van der Waals surface area contributed by atoms with Gasteiger partial charge in [-0.3, -0.25) is 9.78 Å². The fourth-order valence-corrected chi connectivity index (χ4v) is 3.20. The van der Waals surface area contributed by atoms with Crippen LogP contribution in [0.2, 0.25) is 0 Å². The van der Waals surface area contributed by atoms with Crippen molar-refractivity contribution in [2.24, 2.45) is 0 Å². The lowest BCUT2D eigenvalue weighted by Gasteiger charge is -2.13. The number of pyridine rings is 2. The Hall–Kier alpha value is -3.54. The summed E-state index contributed by atoms with van der Waals surface area (Å²) in [6.45, 7) is 4.59. The number of imidazole rings is 1. The molecular formula is C22H21N5O. The SMILES string of the molecule is CC(C)n1c(-c2cccc(C(=O)NCc3ccccn3)c2)nc2cccnc21. The minimum absolute atomic E-state index is 0.141. The molecule has 6 nitrogen and oxygen atoms in total. The highest BCUT2D eigenvalue weighted by molar-refractivity contribution is 5.95. The smallest absolute Gasteiger partial charge is 0.251 e. The molecule has 0 fully saturated rings. The summed E-state index contributed by atoms with van der Waals surface area (Å²) in [5.74, 6) is 0.668. The number of amides is 1. The van der Waals surface area contributed by atoms with Crippen molar-refractivity contribution in [3.05, 3.63) is 78.2 Å². The van der Waals surface area contributed by atoms with Gasteiger partial charge in [0.05, 0.1) is 12.2 Å². The van der Waals surface area contributed by atoms with Gasteiger partial charge in [-0.25, -0.2) is 9.97 Å². The molecule has 0 saturated heterocycles. The van der Waals surface area contributed by atoms with E-state index in [2.05, 4.69) is 33.7 Å². The zero-order valence-electron chi connectivity index (χ0n) is 15.8. The second-order valence-corrected chi connectivity index (χ2v) is 6.83. The Morgan fingerprint density at radius 3 is 2.68 bits per heavy atom. The van der Waals surface area contributed by atoms with Crippen molar-refractivity contribution in [3.8, 4) is 11.4 Å². The standard InChI is InChI=1S/C22H21N5O/c1-15(2)27-20(26-19-10-6-12-24-21(19)27)16-7-5-8-17(13-16)22(28)25-14-18-9-3-4-11-23-18/h3-13,15H,14H2,1-2H3,(H,25,28). The third kappa shape index (κ3) is 3.49. The highest BCUT2D eigenvalue weighted by Gasteiger charge is 2.17. The number of nitrogens with zero attached hydrogens (tertiary/aromatic N) is 4. The Morgan fingerprint density at radius 2 is 1.89 bits per heavy atom. The van der Waals surface area contributed by atoms with Crippen LogP contribution in [0.4, 0.5) is 0 Å². The second kappa shape index (κ2) is 7.60. The molecule has 28 heavy (non-hydrogen) atoms. The van der Waals surface area contributed by atoms with E-state index in [0.717, 1.165) is 28.2 Å². The molecule has 6 heteroatoms. The molecule has 4 rings (SSSR count). The number of benzene rings is 1. The molecule has 0 atom stereocenters. The summed E-state index contributed by atoms with van der Waals surface area (Å²) in [5, 5.41) is 2.92. The van der Waals surface area contributed by atoms with Crippen molar-refractivity contribution in [3.63, 3.8) is 0 Å². The fraction of sp³-hybridized carbons (Fsp3) is 0.182. The Labute approximate surface area is 163 Å². The summed E-state index contributed by atoms with van der Waals surface area (Å²) in [4.78, 5) is 26.1. The van der Waals surface area contributed by atoms with Crippen molar-refractivity contribution in [2.75, 3.05) is 0 Å². The molecule has 0 bridgehead atoms. The van der Waals surface area contributed by atoms with Crippen molar-refractivity contribution in [2.45, 2.75) is 26.4 Å². The summed E-state index contributed by atoms with van der Waals surface area (Å²) in [6.07, 6.45) is 3.49. The van der Waals surface area contributed by atoms with E-state index in [1.807, 2.05) is 48.5 Å². The predicted octanol–water partition coefficient (Wildman–Crippen LogP) is 4.00. The normalized spacial score (nSPS) is 11.1. The molecule has 0 unspecified atom stereocenters. The minimum Gasteiger partial charge on any atom is -0.346 e. The molecule has 0 aliphatic heterocycles. The molecule has 140 valence electrons. The summed E-state index contributed by atoms with van der Waals surface area (Å²) in [5.41, 5.74) is 3.98. The van der Waals surface area contributed by atoms with Crippen LogP contribution < -0.4 is 5.32 Å². The van der Waals surface area contributed by atoms with Gasteiger partial charge in [-0.05, 0) is 50.2 Å². The van der Waals surface area contributed by atoms with Crippen LogP contribution in [-0.2, 0) is 6.54 Å². The van der Waals surface area contributed by atoms with Crippen LogP contribution in [-0.4, -0.2) is 25.4 Å². The van der Waals surface area contributed by atoms with Gasteiger partial charge in [0.15, 0.2) is 5.65 Å². The number of hydrogen-bond acceptors (Lipinski definition) is 4. The maximum absolute atomic E-state index is 12.6. The fourth-order valence-electron chi connectivity index (χ4n) is 3.20. The topological polar surface area (TPSA) is 72.7 Å². The van der Waals surface area contributed by atoms with Gasteiger partial charge in [-0.2, -0.15) is 0 Å². The number of nitrogens with one attached hydrogen (secondary N) is 1. The van der Waals surface area contributed by atoms with Gasteiger partial charge in [-0.15, -0.1) is 0 Å². The molecule has 1 aromatic carbocycles. The Bertz CT molecular complexity index is 1120. The van der Waals surface area contributed by atoms with E-state index >= 15 is 0 Å². The molecule has 0 saturated carbocycles. The highest BCUT2D eigenvalue weighted by atomic mass is 16.1. The van der Waals surface area contributed by atoms with E-state index in [-0.39, 0.29) is 11.9 Å². The molecule has 0 aliphatic carbocycles. The quantitative estimate of drug-likeness (QED) is 0.575. The predicted molar refractivity (Wildman–Crippen MR) is 109 cm³/mol. The third-order valence-corrected chi connectivity index (χ3v) is 4.50. The van der Waals surface area contributed by atoms with Gasteiger partial charge in [0.25, 0.3) is 5.91 Å². The summed E-state index contributed by atoms with van der Waals surface area (Å²) >= 11 is 0. The van der Waals surface area contributed by atoms with Gasteiger partial charge in [0.2, 0.25) is 0 Å². The molecule has 0 spiro atoms. The number of aromatic nitrogens is 4. The van der Waals surface area contributed by atoms with Crippen LogP contribution in [0, 0.1) is 0 Å². The minimum atomic E-state index is -0.141. The number of rotatable bonds is 5. The Morgan fingerprint density at radius 1 is 1.04 bits per heavy atom. The van der Waals surface area contributed by atoms with Crippen LogP contribution in [0.25, 0.3) is 22.6 Å². The van der Waals surface area contributed by atoms with Crippen LogP contribution in [0.15, 0.2) is 67.0 Å². The van der Waals surface area contributed by atoms with Crippen LogP contribution in [0.1, 0.15) is 35.9 Å². The zero-order valence-corrected chi connectivity index (χ0v) is 15.8. The first-order chi connectivity index (χ1) is 13.6. The lowest BCUT2D eigenvalue weighted by molar-refractivity contribution is 0.0950.